The Hall–Kier alpha value is -1.07. The normalized spacial score (nSPS) is 9.67. The Labute approximate surface area is 52.1 Å². The molecule has 5 nitrogen and oxygen atoms in total. The number of hydrogen-bond donors (Lipinski definition) is 3. The largest absolute Gasteiger partial charge is 0.370 e. The van der Waals surface area contributed by atoms with E-state index in [2.05, 4.69) is 0 Å². The first-order valence-corrected chi connectivity index (χ1v) is 2.28. The summed E-state index contributed by atoms with van der Waals surface area (Å²) in [5.41, 5.74) is 0. The molecule has 3 N–H and O–H groups in total. The second kappa shape index (κ2) is 3.88. The van der Waals surface area contributed by atoms with Crippen molar-refractivity contribution in [3.63, 3.8) is 0 Å². The summed E-state index contributed by atoms with van der Waals surface area (Å²) < 4.78 is 0. The van der Waals surface area contributed by atoms with Crippen LogP contribution in [0.25, 0.3) is 0 Å². The Morgan fingerprint density at radius 3 is 2.56 bits per heavy atom. The lowest BCUT2D eigenvalue weighted by atomic mass is 10.7. The van der Waals surface area contributed by atoms with Gasteiger partial charge in [0.25, 0.3) is 0 Å². The first kappa shape index (κ1) is 7.93. The highest BCUT2D eigenvalue weighted by atomic mass is 16.8. The fourth-order valence-corrected chi connectivity index (χ4v) is 0.212. The molecule has 0 rings (SSSR count). The van der Waals surface area contributed by atoms with Gasteiger partial charge >= 0.3 is 6.03 Å². The van der Waals surface area contributed by atoms with E-state index in [-0.39, 0.29) is 0 Å². The van der Waals surface area contributed by atoms with E-state index in [0.717, 1.165) is 0 Å². The van der Waals surface area contributed by atoms with Gasteiger partial charge in [-0.05, 0) is 6.92 Å². The first-order chi connectivity index (χ1) is 4.18. The molecule has 5 heteroatoms. The van der Waals surface area contributed by atoms with Gasteiger partial charge in [0.1, 0.15) is 0 Å². The van der Waals surface area contributed by atoms with Crippen LogP contribution in [0.1, 0.15) is 6.92 Å². The van der Waals surface area contributed by atoms with Crippen molar-refractivity contribution in [2.24, 2.45) is 0 Å². The maximum atomic E-state index is 10.2. The summed E-state index contributed by atoms with van der Waals surface area (Å²) in [7, 11) is 0. The predicted octanol–water partition coefficient (Wildman–Crippen LogP) is 0.310. The molecule has 0 bridgehead atoms. The second-order valence-electron chi connectivity index (χ2n) is 1.24. The summed E-state index contributed by atoms with van der Waals surface area (Å²) in [6.45, 7) is 1.68. The van der Waals surface area contributed by atoms with Crippen molar-refractivity contribution in [1.29, 1.82) is 0 Å². The van der Waals surface area contributed by atoms with E-state index in [1.54, 1.807) is 13.0 Å². The second-order valence-corrected chi connectivity index (χ2v) is 1.24. The molecular weight excluding hydrogens is 124 g/mol. The van der Waals surface area contributed by atoms with Crippen molar-refractivity contribution in [1.82, 2.24) is 10.5 Å². The highest BCUT2D eigenvalue weighted by molar-refractivity contribution is 5.72. The van der Waals surface area contributed by atoms with Crippen LogP contribution < -0.4 is 5.32 Å². The highest BCUT2D eigenvalue weighted by Crippen LogP contribution is 1.74. The number of amides is 2. The quantitative estimate of drug-likeness (QED) is 0.355. The molecule has 0 fully saturated rings. The number of hydroxylamine groups is 2. The Morgan fingerprint density at radius 2 is 2.22 bits per heavy atom. The number of nitrogens with one attached hydrogen (secondary N) is 1. The molecule has 0 aromatic rings. The number of urea groups is 1. The number of hydrogen-bond acceptors (Lipinski definition) is 3. The van der Waals surface area contributed by atoms with Gasteiger partial charge in [0.05, 0.1) is 0 Å². The van der Waals surface area contributed by atoms with Gasteiger partial charge in [-0.3, -0.25) is 10.4 Å². The topological polar surface area (TPSA) is 72.8 Å². The van der Waals surface area contributed by atoms with Gasteiger partial charge in [-0.2, -0.15) is 0 Å². The van der Waals surface area contributed by atoms with Crippen LogP contribution in [0.4, 0.5) is 4.79 Å². The van der Waals surface area contributed by atoms with Gasteiger partial charge in [0.15, 0.2) is 0 Å². The van der Waals surface area contributed by atoms with Gasteiger partial charge in [0.2, 0.25) is 0 Å². The van der Waals surface area contributed by atoms with Crippen molar-refractivity contribution in [2.75, 3.05) is 0 Å². The maximum Gasteiger partial charge on any atom is 0.370 e. The lowest BCUT2D eigenvalue weighted by Crippen LogP contribution is -2.31. The first-order valence-electron chi connectivity index (χ1n) is 2.28. The summed E-state index contributed by atoms with van der Waals surface area (Å²) in [5, 5.41) is 17.5. The minimum absolute atomic E-state index is 0.528. The third-order valence-corrected chi connectivity index (χ3v) is 0.555. The van der Waals surface area contributed by atoms with Crippen LogP contribution in [0.5, 0.6) is 0 Å². The van der Waals surface area contributed by atoms with Crippen molar-refractivity contribution < 1.29 is 15.2 Å². The van der Waals surface area contributed by atoms with Gasteiger partial charge in [-0.1, -0.05) is 11.3 Å². The zero-order valence-electron chi connectivity index (χ0n) is 4.90. The monoisotopic (exact) mass is 132 g/mol. The molecule has 0 heterocycles. The molecule has 0 unspecified atom stereocenters. The van der Waals surface area contributed by atoms with Crippen LogP contribution in [0.3, 0.4) is 0 Å². The third kappa shape index (κ3) is 3.51. The molecule has 2 amide bonds. The molecule has 0 aromatic carbocycles. The molecule has 0 aliphatic carbocycles. The predicted molar refractivity (Wildman–Crippen MR) is 28.8 cm³/mol. The molecule has 0 spiro atoms. The summed E-state index contributed by atoms with van der Waals surface area (Å²) in [6, 6.07) is -0.992. The van der Waals surface area contributed by atoms with Gasteiger partial charge in [0, 0.05) is 6.20 Å². The smallest absolute Gasteiger partial charge is 0.311 e. The molecule has 0 aliphatic heterocycles. The van der Waals surface area contributed by atoms with Crippen molar-refractivity contribution in [3.05, 3.63) is 12.3 Å². The number of rotatable bonds is 1. The molecule has 9 heavy (non-hydrogen) atoms. The van der Waals surface area contributed by atoms with Crippen LogP contribution in [0.15, 0.2) is 12.3 Å². The minimum atomic E-state index is -0.992. The Kier molecular flexibility index (Phi) is 3.41. The Bertz CT molecular complexity index is 121. The molecule has 0 saturated heterocycles. The van der Waals surface area contributed by atoms with E-state index in [0.29, 0.717) is 0 Å². The average molecular weight is 132 g/mol. The van der Waals surface area contributed by atoms with E-state index in [1.807, 2.05) is 5.32 Å². The number of nitrogens with zero attached hydrogens (tertiary/aromatic N) is 1. The highest BCUT2D eigenvalue weighted by Gasteiger charge is 2.01. The van der Waals surface area contributed by atoms with E-state index < -0.39 is 11.3 Å². The standard InChI is InChI=1S/C4H8N2O3/c1-2-3-5-4(7)6(8)9/h2-3,8-9H,1H3,(H,5,7). The maximum absolute atomic E-state index is 10.2. The van der Waals surface area contributed by atoms with Crippen LogP contribution in [0.2, 0.25) is 0 Å². The van der Waals surface area contributed by atoms with Crippen molar-refractivity contribution in [2.45, 2.75) is 6.92 Å². The van der Waals surface area contributed by atoms with Crippen LogP contribution >= 0.6 is 0 Å². The molecule has 0 saturated carbocycles. The van der Waals surface area contributed by atoms with E-state index in [9.17, 15) is 4.79 Å². The minimum Gasteiger partial charge on any atom is -0.311 e. The molecular formula is C4H8N2O3. The number of carbonyl (C=O) groups excluding carboxylic acids is 1. The Morgan fingerprint density at radius 1 is 1.67 bits per heavy atom. The zero-order chi connectivity index (χ0) is 7.28. The van der Waals surface area contributed by atoms with Gasteiger partial charge in [-0.25, -0.2) is 4.79 Å². The fraction of sp³-hybridized carbons (Fsp3) is 0.250. The van der Waals surface area contributed by atoms with Gasteiger partial charge in [-0.15, -0.1) is 0 Å². The average Bonchev–Trinajstić information content (AvgIpc) is 1.82. The molecule has 52 valence electrons. The summed E-state index contributed by atoms with van der Waals surface area (Å²) in [4.78, 5) is 10.2. The van der Waals surface area contributed by atoms with Crippen molar-refractivity contribution >= 4 is 6.03 Å². The van der Waals surface area contributed by atoms with E-state index in [4.69, 9.17) is 10.4 Å². The van der Waals surface area contributed by atoms with Crippen LogP contribution in [-0.4, -0.2) is 21.7 Å². The number of allylic oxidation sites excluding steroid dienone is 1. The van der Waals surface area contributed by atoms with E-state index in [1.165, 1.54) is 6.20 Å². The van der Waals surface area contributed by atoms with Gasteiger partial charge < -0.3 is 5.32 Å². The molecule has 0 aromatic heterocycles. The van der Waals surface area contributed by atoms with Crippen molar-refractivity contribution in [3.8, 4) is 0 Å². The molecule has 0 radical (unpaired) electrons. The van der Waals surface area contributed by atoms with Crippen LogP contribution in [-0.2, 0) is 0 Å². The summed E-state index contributed by atoms with van der Waals surface area (Å²) >= 11 is 0. The Balaban J connectivity index is 3.51. The van der Waals surface area contributed by atoms with Crippen LogP contribution in [0, 0.1) is 0 Å². The molecule has 0 atom stereocenters. The summed E-state index contributed by atoms with van der Waals surface area (Å²) in [5.74, 6) is 0. The lowest BCUT2D eigenvalue weighted by Gasteiger charge is -2.02. The zero-order valence-corrected chi connectivity index (χ0v) is 4.90. The van der Waals surface area contributed by atoms with E-state index >= 15 is 0 Å². The fourth-order valence-electron chi connectivity index (χ4n) is 0.212. The third-order valence-electron chi connectivity index (χ3n) is 0.555. The SMILES string of the molecule is CC=CNC(=O)N(O)O. The molecule has 0 aliphatic rings. The summed E-state index contributed by atoms with van der Waals surface area (Å²) in [6.07, 6.45) is 2.82. The lowest BCUT2D eigenvalue weighted by molar-refractivity contribution is -0.257. The number of carbonyl (C=O) groups is 1.